The van der Waals surface area contributed by atoms with E-state index in [1.54, 1.807) is 32.1 Å². The van der Waals surface area contributed by atoms with Gasteiger partial charge in [0.15, 0.2) is 0 Å². The Bertz CT molecular complexity index is 478. The smallest absolute Gasteiger partial charge is 0.408 e. The summed E-state index contributed by atoms with van der Waals surface area (Å²) in [5, 5.41) is 2.63. The second-order valence-electron chi connectivity index (χ2n) is 6.06. The average molecular weight is 295 g/mol. The number of ether oxygens (including phenoxy) is 1. The van der Waals surface area contributed by atoms with E-state index >= 15 is 0 Å². The fraction of sp³-hybridized carbons (Fsp3) is 0.600. The Balaban J connectivity index is 2.06. The maximum Gasteiger partial charge on any atom is 0.408 e. The van der Waals surface area contributed by atoms with Crippen LogP contribution < -0.4 is 5.32 Å². The molecule has 1 atom stereocenters. The summed E-state index contributed by atoms with van der Waals surface area (Å²) >= 11 is 1.63. The van der Waals surface area contributed by atoms with Gasteiger partial charge in [0.05, 0.1) is 0 Å². The van der Waals surface area contributed by atoms with Crippen LogP contribution in [0.5, 0.6) is 0 Å². The first-order valence-corrected chi connectivity index (χ1v) is 7.77. The highest BCUT2D eigenvalue weighted by Crippen LogP contribution is 2.32. The minimum absolute atomic E-state index is 0.555. The molecule has 1 N–H and O–H groups in total. The fourth-order valence-corrected chi connectivity index (χ4v) is 3.54. The predicted octanol–water partition coefficient (Wildman–Crippen LogP) is 3.39. The van der Waals surface area contributed by atoms with Gasteiger partial charge in [0.25, 0.3) is 0 Å². The lowest BCUT2D eigenvalue weighted by Gasteiger charge is -2.21. The number of amides is 1. The van der Waals surface area contributed by atoms with Crippen molar-refractivity contribution in [1.29, 1.82) is 0 Å². The molecule has 20 heavy (non-hydrogen) atoms. The normalized spacial score (nSPS) is 16.1. The third-order valence-electron chi connectivity index (χ3n) is 3.13. The second kappa shape index (κ2) is 5.95. The highest BCUT2D eigenvalue weighted by Gasteiger charge is 2.23. The van der Waals surface area contributed by atoms with Crippen LogP contribution in [0.1, 0.15) is 55.0 Å². The Morgan fingerprint density at radius 3 is 2.70 bits per heavy atom. The molecule has 1 aromatic heterocycles. The summed E-state index contributed by atoms with van der Waals surface area (Å²) in [6, 6.07) is 1.44. The van der Waals surface area contributed by atoms with E-state index < -0.39 is 17.7 Å². The number of hydrogen-bond donors (Lipinski definition) is 1. The maximum atomic E-state index is 11.8. The van der Waals surface area contributed by atoms with Crippen LogP contribution in [0.2, 0.25) is 0 Å². The molecule has 4 nitrogen and oxygen atoms in total. The van der Waals surface area contributed by atoms with Crippen molar-refractivity contribution in [3.05, 3.63) is 21.4 Å². The summed E-state index contributed by atoms with van der Waals surface area (Å²) < 4.78 is 5.19. The maximum absolute atomic E-state index is 11.8. The predicted molar refractivity (Wildman–Crippen MR) is 79.1 cm³/mol. The molecule has 0 spiro atoms. The van der Waals surface area contributed by atoms with Gasteiger partial charge in [-0.1, -0.05) is 0 Å². The SMILES string of the molecule is CC(C)(C)OC(=O)NC(C=O)c1cc2c(s1)CCCC2. The molecule has 1 aliphatic carbocycles. The Hall–Kier alpha value is -1.36. The monoisotopic (exact) mass is 295 g/mol. The van der Waals surface area contributed by atoms with Crippen LogP contribution in [0, 0.1) is 0 Å². The van der Waals surface area contributed by atoms with E-state index in [1.807, 2.05) is 0 Å². The Labute approximate surface area is 123 Å². The van der Waals surface area contributed by atoms with Gasteiger partial charge in [-0.25, -0.2) is 4.79 Å². The molecule has 0 bridgehead atoms. The van der Waals surface area contributed by atoms with Gasteiger partial charge in [-0.05, 0) is 58.1 Å². The number of aldehydes is 1. The largest absolute Gasteiger partial charge is 0.444 e. The number of hydrogen-bond acceptors (Lipinski definition) is 4. The van der Waals surface area contributed by atoms with Crippen molar-refractivity contribution in [3.63, 3.8) is 0 Å². The molecule has 1 unspecified atom stereocenters. The standard InChI is InChI=1S/C15H21NO3S/c1-15(2,3)19-14(18)16-11(9-17)13-8-10-6-4-5-7-12(10)20-13/h8-9,11H,4-7H2,1-3H3,(H,16,18). The lowest BCUT2D eigenvalue weighted by Crippen LogP contribution is -2.35. The fourth-order valence-electron chi connectivity index (χ4n) is 2.27. The van der Waals surface area contributed by atoms with Crippen molar-refractivity contribution in [1.82, 2.24) is 5.32 Å². The molecule has 110 valence electrons. The van der Waals surface area contributed by atoms with Crippen LogP contribution in [-0.2, 0) is 22.4 Å². The van der Waals surface area contributed by atoms with Crippen molar-refractivity contribution in [2.45, 2.75) is 58.1 Å². The van der Waals surface area contributed by atoms with E-state index in [9.17, 15) is 9.59 Å². The quantitative estimate of drug-likeness (QED) is 0.870. The number of fused-ring (bicyclic) bond motifs is 1. The molecule has 0 radical (unpaired) electrons. The number of carbonyl (C=O) groups is 2. The van der Waals surface area contributed by atoms with Gasteiger partial charge >= 0.3 is 6.09 Å². The van der Waals surface area contributed by atoms with Crippen molar-refractivity contribution in [2.75, 3.05) is 0 Å². The van der Waals surface area contributed by atoms with Gasteiger partial charge in [-0.3, -0.25) is 0 Å². The van der Waals surface area contributed by atoms with Crippen molar-refractivity contribution in [2.24, 2.45) is 0 Å². The number of alkyl carbamates (subject to hydrolysis) is 1. The number of rotatable bonds is 3. The minimum atomic E-state index is -0.611. The zero-order valence-corrected chi connectivity index (χ0v) is 13.0. The third kappa shape index (κ3) is 3.82. The van der Waals surface area contributed by atoms with E-state index in [0.29, 0.717) is 0 Å². The molecule has 0 fully saturated rings. The number of nitrogens with one attached hydrogen (secondary N) is 1. The average Bonchev–Trinajstić information content (AvgIpc) is 2.77. The van der Waals surface area contributed by atoms with Crippen LogP contribution >= 0.6 is 11.3 Å². The summed E-state index contributed by atoms with van der Waals surface area (Å²) in [6.07, 6.45) is 4.77. The molecule has 1 aliphatic rings. The Morgan fingerprint density at radius 1 is 1.40 bits per heavy atom. The zero-order chi connectivity index (χ0) is 14.8. The first kappa shape index (κ1) is 15.0. The van der Waals surface area contributed by atoms with E-state index in [2.05, 4.69) is 11.4 Å². The lowest BCUT2D eigenvalue weighted by molar-refractivity contribution is -0.109. The van der Waals surface area contributed by atoms with Crippen molar-refractivity contribution in [3.8, 4) is 0 Å². The van der Waals surface area contributed by atoms with E-state index in [-0.39, 0.29) is 0 Å². The van der Waals surface area contributed by atoms with Gasteiger partial charge in [-0.15, -0.1) is 11.3 Å². The molecular formula is C15H21NO3S. The highest BCUT2D eigenvalue weighted by atomic mass is 32.1. The molecule has 0 aromatic carbocycles. The Kier molecular flexibility index (Phi) is 4.48. The van der Waals surface area contributed by atoms with Crippen molar-refractivity contribution < 1.29 is 14.3 Å². The topological polar surface area (TPSA) is 55.4 Å². The van der Waals surface area contributed by atoms with Gasteiger partial charge < -0.3 is 14.8 Å². The molecule has 1 heterocycles. The molecule has 0 saturated heterocycles. The van der Waals surface area contributed by atoms with Crippen LogP contribution in [0.25, 0.3) is 0 Å². The van der Waals surface area contributed by atoms with Crippen molar-refractivity contribution >= 4 is 23.7 Å². The van der Waals surface area contributed by atoms with Crippen LogP contribution in [-0.4, -0.2) is 18.0 Å². The molecular weight excluding hydrogens is 274 g/mol. The first-order valence-electron chi connectivity index (χ1n) is 6.95. The second-order valence-corrected chi connectivity index (χ2v) is 7.23. The van der Waals surface area contributed by atoms with Crippen LogP contribution in [0.4, 0.5) is 4.79 Å². The zero-order valence-electron chi connectivity index (χ0n) is 12.2. The highest BCUT2D eigenvalue weighted by molar-refractivity contribution is 7.12. The molecule has 0 aliphatic heterocycles. The molecule has 5 heteroatoms. The van der Waals surface area contributed by atoms with Crippen LogP contribution in [0.15, 0.2) is 6.07 Å². The number of aryl methyl sites for hydroxylation is 2. The first-order chi connectivity index (χ1) is 9.39. The van der Waals surface area contributed by atoms with Gasteiger partial charge in [-0.2, -0.15) is 0 Å². The summed E-state index contributed by atoms with van der Waals surface area (Å²) in [5.41, 5.74) is 0.765. The number of thiophene rings is 1. The van der Waals surface area contributed by atoms with E-state index in [4.69, 9.17) is 4.74 Å². The molecule has 2 rings (SSSR count). The summed E-state index contributed by atoms with van der Waals surface area (Å²) in [7, 11) is 0. The summed E-state index contributed by atoms with van der Waals surface area (Å²) in [5.74, 6) is 0. The summed E-state index contributed by atoms with van der Waals surface area (Å²) in [4.78, 5) is 25.3. The van der Waals surface area contributed by atoms with E-state index in [1.165, 1.54) is 23.3 Å². The molecule has 1 amide bonds. The molecule has 1 aromatic rings. The van der Waals surface area contributed by atoms with Crippen LogP contribution in [0.3, 0.4) is 0 Å². The lowest BCUT2D eigenvalue weighted by atomic mass is 9.99. The number of carbonyl (C=O) groups excluding carboxylic acids is 2. The van der Waals surface area contributed by atoms with Gasteiger partial charge in [0.2, 0.25) is 0 Å². The molecule has 0 saturated carbocycles. The van der Waals surface area contributed by atoms with Gasteiger partial charge in [0.1, 0.15) is 17.9 Å². The third-order valence-corrected chi connectivity index (χ3v) is 4.45. The Morgan fingerprint density at radius 2 is 2.10 bits per heavy atom. The van der Waals surface area contributed by atoms with Gasteiger partial charge in [0, 0.05) is 9.75 Å². The minimum Gasteiger partial charge on any atom is -0.444 e. The van der Waals surface area contributed by atoms with E-state index in [0.717, 1.165) is 24.0 Å². The summed E-state index contributed by atoms with van der Waals surface area (Å²) in [6.45, 7) is 5.39.